The second-order valence-corrected chi connectivity index (χ2v) is 2.70. The number of halogens is 2. The first-order valence-corrected chi connectivity index (χ1v) is 3.94. The molecule has 4 nitrogen and oxygen atoms in total. The topological polar surface area (TPSA) is 86.5 Å². The molecule has 1 aromatic rings. The van der Waals surface area contributed by atoms with Gasteiger partial charge in [0.05, 0.1) is 29.9 Å². The maximum atomic E-state index is 12.4. The van der Waals surface area contributed by atoms with E-state index in [0.717, 1.165) is 6.20 Å². The molecule has 0 aromatic carbocycles. The molecule has 6 heteroatoms. The van der Waals surface area contributed by atoms with Crippen molar-refractivity contribution in [1.82, 2.24) is 4.98 Å². The van der Waals surface area contributed by atoms with Crippen LogP contribution >= 0.6 is 0 Å². The second-order valence-electron chi connectivity index (χ2n) is 2.70. The molecule has 0 fully saturated rings. The van der Waals surface area contributed by atoms with Crippen LogP contribution in [0.5, 0.6) is 0 Å². The Morgan fingerprint density at radius 2 is 2.13 bits per heavy atom. The van der Waals surface area contributed by atoms with Gasteiger partial charge in [-0.15, -0.1) is 0 Å². The van der Waals surface area contributed by atoms with Crippen LogP contribution in [0.3, 0.4) is 0 Å². The maximum absolute atomic E-state index is 12.4. The molecule has 0 saturated heterocycles. The van der Waals surface area contributed by atoms with Gasteiger partial charge >= 0.3 is 0 Å². The van der Waals surface area contributed by atoms with Crippen molar-refractivity contribution in [1.29, 1.82) is 10.5 Å². The van der Waals surface area contributed by atoms with Crippen LogP contribution in [-0.2, 0) is 6.42 Å². The van der Waals surface area contributed by atoms with Crippen molar-refractivity contribution in [3.63, 3.8) is 0 Å². The van der Waals surface area contributed by atoms with Gasteiger partial charge in [-0.1, -0.05) is 0 Å². The van der Waals surface area contributed by atoms with Crippen LogP contribution in [0.2, 0.25) is 0 Å². The van der Waals surface area contributed by atoms with Crippen molar-refractivity contribution in [2.24, 2.45) is 0 Å². The lowest BCUT2D eigenvalue weighted by atomic mass is 10.0. The summed E-state index contributed by atoms with van der Waals surface area (Å²) < 4.78 is 24.9. The van der Waals surface area contributed by atoms with E-state index >= 15 is 0 Å². The summed E-state index contributed by atoms with van der Waals surface area (Å²) >= 11 is 0. The molecule has 0 amide bonds. The van der Waals surface area contributed by atoms with Gasteiger partial charge in [0.25, 0.3) is 6.43 Å². The fraction of sp³-hybridized carbons (Fsp3) is 0.222. The van der Waals surface area contributed by atoms with Crippen LogP contribution in [0.4, 0.5) is 14.5 Å². The number of nitrogen functional groups attached to an aromatic ring is 1. The molecule has 0 atom stereocenters. The number of hydrogen-bond acceptors (Lipinski definition) is 4. The lowest BCUT2D eigenvalue weighted by Gasteiger charge is -2.07. The molecule has 0 unspecified atom stereocenters. The van der Waals surface area contributed by atoms with Crippen LogP contribution in [0.25, 0.3) is 0 Å². The summed E-state index contributed by atoms with van der Waals surface area (Å²) in [6.45, 7) is 0. The van der Waals surface area contributed by atoms with Crippen molar-refractivity contribution < 1.29 is 8.78 Å². The van der Waals surface area contributed by atoms with E-state index in [0.29, 0.717) is 0 Å². The highest BCUT2D eigenvalue weighted by molar-refractivity contribution is 5.56. The Hall–Kier alpha value is -2.21. The summed E-state index contributed by atoms with van der Waals surface area (Å²) in [5.74, 6) is 0. The molecule has 1 rings (SSSR count). The highest BCUT2D eigenvalue weighted by Gasteiger charge is 2.19. The quantitative estimate of drug-likeness (QED) is 0.798. The van der Waals surface area contributed by atoms with Gasteiger partial charge in [-0.25, -0.2) is 8.78 Å². The van der Waals surface area contributed by atoms with Gasteiger partial charge < -0.3 is 5.73 Å². The Labute approximate surface area is 84.6 Å². The lowest BCUT2D eigenvalue weighted by Crippen LogP contribution is -2.04. The fourth-order valence-electron chi connectivity index (χ4n) is 1.14. The van der Waals surface area contributed by atoms with Crippen molar-refractivity contribution in [3.05, 3.63) is 23.0 Å². The van der Waals surface area contributed by atoms with E-state index in [1.54, 1.807) is 12.1 Å². The molecule has 0 bridgehead atoms. The van der Waals surface area contributed by atoms with Crippen molar-refractivity contribution in [2.45, 2.75) is 12.8 Å². The summed E-state index contributed by atoms with van der Waals surface area (Å²) in [6.07, 6.45) is -2.00. The maximum Gasteiger partial charge on any atom is 0.281 e. The normalized spacial score (nSPS) is 9.67. The SMILES string of the molecule is N#CCc1c(N)cnc(C(F)F)c1C#N. The number of nitrogens with zero attached hydrogens (tertiary/aromatic N) is 3. The molecule has 15 heavy (non-hydrogen) atoms. The standard InChI is InChI=1S/C9H6F2N4/c10-9(11)8-6(3-13)5(1-2-12)7(14)4-15-8/h4,9H,1,14H2. The first-order valence-electron chi connectivity index (χ1n) is 3.94. The zero-order valence-corrected chi connectivity index (χ0v) is 7.54. The molecule has 2 N–H and O–H groups in total. The van der Waals surface area contributed by atoms with E-state index in [1.165, 1.54) is 0 Å². The number of anilines is 1. The molecule has 0 aliphatic carbocycles. The highest BCUT2D eigenvalue weighted by Crippen LogP contribution is 2.26. The average molecular weight is 208 g/mol. The number of nitrogens with two attached hydrogens (primary N) is 1. The third kappa shape index (κ3) is 2.00. The van der Waals surface area contributed by atoms with E-state index in [2.05, 4.69) is 4.98 Å². The average Bonchev–Trinajstić information content (AvgIpc) is 2.20. The minimum Gasteiger partial charge on any atom is -0.397 e. The van der Waals surface area contributed by atoms with Crippen LogP contribution in [0.1, 0.15) is 23.2 Å². The monoisotopic (exact) mass is 208 g/mol. The van der Waals surface area contributed by atoms with E-state index in [1.807, 2.05) is 0 Å². The van der Waals surface area contributed by atoms with Gasteiger partial charge in [0, 0.05) is 5.56 Å². The molecule has 0 radical (unpaired) electrons. The van der Waals surface area contributed by atoms with Crippen LogP contribution in [0, 0.1) is 22.7 Å². The third-order valence-electron chi connectivity index (χ3n) is 1.82. The van der Waals surface area contributed by atoms with Crippen LogP contribution in [0.15, 0.2) is 6.20 Å². The minimum absolute atomic E-state index is 0.0810. The van der Waals surface area contributed by atoms with Gasteiger partial charge in [0.1, 0.15) is 11.8 Å². The lowest BCUT2D eigenvalue weighted by molar-refractivity contribution is 0.145. The Kier molecular flexibility index (Phi) is 3.14. The number of pyridine rings is 1. The molecule has 1 aromatic heterocycles. The van der Waals surface area contributed by atoms with Gasteiger partial charge in [-0.3, -0.25) is 4.98 Å². The predicted octanol–water partition coefficient (Wildman–Crippen LogP) is 1.54. The molecule has 0 spiro atoms. The summed E-state index contributed by atoms with van der Waals surface area (Å²) in [6, 6.07) is 3.36. The number of alkyl halides is 2. The van der Waals surface area contributed by atoms with E-state index < -0.39 is 12.1 Å². The van der Waals surface area contributed by atoms with Gasteiger partial charge in [-0.2, -0.15) is 10.5 Å². The van der Waals surface area contributed by atoms with E-state index in [-0.39, 0.29) is 23.2 Å². The summed E-state index contributed by atoms with van der Waals surface area (Å²) in [5.41, 5.74) is 4.71. The number of rotatable bonds is 2. The highest BCUT2D eigenvalue weighted by atomic mass is 19.3. The van der Waals surface area contributed by atoms with Gasteiger partial charge in [0.2, 0.25) is 0 Å². The Balaban J connectivity index is 3.43. The van der Waals surface area contributed by atoms with Crippen molar-refractivity contribution in [2.75, 3.05) is 5.73 Å². The van der Waals surface area contributed by atoms with E-state index in [4.69, 9.17) is 16.3 Å². The Bertz CT molecular complexity index is 456. The largest absolute Gasteiger partial charge is 0.397 e. The fourth-order valence-corrected chi connectivity index (χ4v) is 1.14. The van der Waals surface area contributed by atoms with Crippen molar-refractivity contribution >= 4 is 5.69 Å². The molecular formula is C9H6F2N4. The molecule has 1 heterocycles. The first kappa shape index (κ1) is 10.9. The summed E-state index contributed by atoms with van der Waals surface area (Å²) in [4.78, 5) is 3.38. The summed E-state index contributed by atoms with van der Waals surface area (Å²) in [5, 5.41) is 17.2. The molecule has 0 aliphatic rings. The number of aromatic nitrogens is 1. The summed E-state index contributed by atoms with van der Waals surface area (Å²) in [7, 11) is 0. The first-order chi connectivity index (χ1) is 7.11. The Morgan fingerprint density at radius 3 is 2.60 bits per heavy atom. The molecule has 76 valence electrons. The van der Waals surface area contributed by atoms with E-state index in [9.17, 15) is 8.78 Å². The molecule has 0 aliphatic heterocycles. The van der Waals surface area contributed by atoms with Crippen LogP contribution in [-0.4, -0.2) is 4.98 Å². The zero-order chi connectivity index (χ0) is 11.4. The molecular weight excluding hydrogens is 202 g/mol. The van der Waals surface area contributed by atoms with Gasteiger partial charge in [0.15, 0.2) is 0 Å². The van der Waals surface area contributed by atoms with Crippen LogP contribution < -0.4 is 5.73 Å². The predicted molar refractivity (Wildman–Crippen MR) is 47.6 cm³/mol. The zero-order valence-electron chi connectivity index (χ0n) is 7.54. The molecule has 0 saturated carbocycles. The second kappa shape index (κ2) is 4.34. The minimum atomic E-state index is -2.85. The third-order valence-corrected chi connectivity index (χ3v) is 1.82. The van der Waals surface area contributed by atoms with Gasteiger partial charge in [-0.05, 0) is 0 Å². The number of nitriles is 2. The van der Waals surface area contributed by atoms with Crippen molar-refractivity contribution in [3.8, 4) is 12.1 Å². The smallest absolute Gasteiger partial charge is 0.281 e. The number of hydrogen-bond donors (Lipinski definition) is 1. The Morgan fingerprint density at radius 1 is 1.47 bits per heavy atom.